The molecule has 2 amide bonds. The number of thiocarbonyl (C=S) groups is 1. The summed E-state index contributed by atoms with van der Waals surface area (Å²) in [5.74, 6) is -0.688. The predicted octanol–water partition coefficient (Wildman–Crippen LogP) is 3.51. The molecule has 0 aromatic carbocycles. The van der Waals surface area contributed by atoms with Crippen LogP contribution in [0.4, 0.5) is 4.79 Å². The lowest BCUT2D eigenvalue weighted by molar-refractivity contribution is -0.139. The Kier molecular flexibility index (Phi) is 14.4. The summed E-state index contributed by atoms with van der Waals surface area (Å²) < 4.78 is 16.6. The van der Waals surface area contributed by atoms with E-state index in [2.05, 4.69) is 22.9 Å². The van der Waals surface area contributed by atoms with Gasteiger partial charge in [0.25, 0.3) is 0 Å². The molecule has 0 aromatic heterocycles. The summed E-state index contributed by atoms with van der Waals surface area (Å²) >= 11 is 5.31. The first-order valence-electron chi connectivity index (χ1n) is 12.3. The van der Waals surface area contributed by atoms with Crippen LogP contribution < -0.4 is 16.0 Å². The Labute approximate surface area is 208 Å². The second-order valence-corrected chi connectivity index (χ2v) is 8.69. The zero-order valence-electron chi connectivity index (χ0n) is 21.1. The highest BCUT2D eigenvalue weighted by molar-refractivity contribution is 7.80. The molecule has 10 heteroatoms. The molecule has 0 aliphatic heterocycles. The van der Waals surface area contributed by atoms with Crippen LogP contribution in [0, 0.1) is 0 Å². The van der Waals surface area contributed by atoms with Crippen LogP contribution in [0.3, 0.4) is 0 Å². The van der Waals surface area contributed by atoms with Gasteiger partial charge in [0.05, 0.1) is 37.5 Å². The van der Waals surface area contributed by atoms with Crippen molar-refractivity contribution >= 4 is 35.3 Å². The lowest BCUT2D eigenvalue weighted by atomic mass is 9.87. The van der Waals surface area contributed by atoms with Crippen molar-refractivity contribution in [1.29, 1.82) is 0 Å². The van der Waals surface area contributed by atoms with E-state index in [1.54, 1.807) is 13.0 Å². The standard InChI is InChI=1S/C24H41N3O6S/c1-6-10-11-12-13-32-24(30)27-23(34)26-19-14-17(22(29)31-9-4)15-20(21(19)25-16(5)28)33-18(7-2)8-3/h15,18-21H,6-14H2,1-5H3,(H,25,28)(H2,26,27,30,34). The van der Waals surface area contributed by atoms with Crippen LogP contribution in [-0.4, -0.2) is 60.6 Å². The van der Waals surface area contributed by atoms with Crippen LogP contribution in [0.2, 0.25) is 0 Å². The number of ether oxygens (including phenoxy) is 3. The molecule has 3 atom stereocenters. The number of amides is 2. The number of rotatable bonds is 13. The number of carbonyl (C=O) groups excluding carboxylic acids is 3. The topological polar surface area (TPSA) is 115 Å². The first kappa shape index (κ1) is 29.8. The molecule has 0 aromatic rings. The molecule has 1 aliphatic rings. The maximum Gasteiger partial charge on any atom is 0.413 e. The Morgan fingerprint density at radius 3 is 2.35 bits per heavy atom. The van der Waals surface area contributed by atoms with Crippen LogP contribution >= 0.6 is 12.2 Å². The molecule has 0 radical (unpaired) electrons. The lowest BCUT2D eigenvalue weighted by Crippen LogP contribution is -2.61. The summed E-state index contributed by atoms with van der Waals surface area (Å²) in [6.45, 7) is 9.86. The number of hydrogen-bond donors (Lipinski definition) is 3. The third-order valence-corrected chi connectivity index (χ3v) is 5.74. The molecule has 0 bridgehead atoms. The molecule has 194 valence electrons. The van der Waals surface area contributed by atoms with Gasteiger partial charge in [0, 0.05) is 18.9 Å². The molecule has 9 nitrogen and oxygen atoms in total. The van der Waals surface area contributed by atoms with E-state index in [9.17, 15) is 14.4 Å². The van der Waals surface area contributed by atoms with E-state index in [1.165, 1.54) is 6.92 Å². The van der Waals surface area contributed by atoms with E-state index >= 15 is 0 Å². The number of alkyl carbamates (subject to hydrolysis) is 1. The van der Waals surface area contributed by atoms with E-state index in [0.717, 1.165) is 38.5 Å². The van der Waals surface area contributed by atoms with Gasteiger partial charge in [-0.15, -0.1) is 0 Å². The highest BCUT2D eigenvalue weighted by Crippen LogP contribution is 2.25. The summed E-state index contributed by atoms with van der Waals surface area (Å²) in [7, 11) is 0. The van der Waals surface area contributed by atoms with Crippen molar-refractivity contribution in [3.8, 4) is 0 Å². The highest BCUT2D eigenvalue weighted by atomic mass is 32.1. The number of hydrogen-bond acceptors (Lipinski definition) is 7. The normalized spacial score (nSPS) is 19.7. The van der Waals surface area contributed by atoms with Gasteiger partial charge in [0.1, 0.15) is 0 Å². The van der Waals surface area contributed by atoms with Crippen molar-refractivity contribution in [2.75, 3.05) is 13.2 Å². The van der Waals surface area contributed by atoms with Gasteiger partial charge in [0.2, 0.25) is 5.91 Å². The zero-order chi connectivity index (χ0) is 25.5. The van der Waals surface area contributed by atoms with Gasteiger partial charge in [0.15, 0.2) is 5.11 Å². The highest BCUT2D eigenvalue weighted by Gasteiger charge is 2.38. The van der Waals surface area contributed by atoms with Gasteiger partial charge in [-0.2, -0.15) is 0 Å². The molecular weight excluding hydrogens is 458 g/mol. The average Bonchev–Trinajstić information content (AvgIpc) is 2.78. The van der Waals surface area contributed by atoms with Crippen LogP contribution in [0.1, 0.15) is 79.6 Å². The van der Waals surface area contributed by atoms with Gasteiger partial charge in [-0.05, 0) is 44.5 Å². The molecule has 3 unspecified atom stereocenters. The second kappa shape index (κ2) is 16.4. The fraction of sp³-hybridized carbons (Fsp3) is 0.750. The quantitative estimate of drug-likeness (QED) is 0.200. The molecule has 34 heavy (non-hydrogen) atoms. The van der Waals surface area contributed by atoms with E-state index in [4.69, 9.17) is 26.4 Å². The minimum absolute atomic E-state index is 0.0466. The van der Waals surface area contributed by atoms with Gasteiger partial charge in [-0.1, -0.05) is 40.0 Å². The number of unbranched alkanes of at least 4 members (excludes halogenated alkanes) is 3. The van der Waals surface area contributed by atoms with E-state index in [0.29, 0.717) is 12.2 Å². The predicted molar refractivity (Wildman–Crippen MR) is 134 cm³/mol. The lowest BCUT2D eigenvalue weighted by Gasteiger charge is -2.39. The molecule has 0 saturated heterocycles. The van der Waals surface area contributed by atoms with Gasteiger partial charge in [-0.25, -0.2) is 9.59 Å². The van der Waals surface area contributed by atoms with Crippen molar-refractivity contribution < 1.29 is 28.6 Å². The fourth-order valence-corrected chi connectivity index (χ4v) is 3.99. The van der Waals surface area contributed by atoms with Crippen molar-refractivity contribution in [2.45, 2.75) is 104 Å². The molecule has 1 aliphatic carbocycles. The van der Waals surface area contributed by atoms with E-state index < -0.39 is 30.3 Å². The maximum absolute atomic E-state index is 12.5. The summed E-state index contributed by atoms with van der Waals surface area (Å²) in [4.78, 5) is 36.6. The van der Waals surface area contributed by atoms with Crippen molar-refractivity contribution in [2.24, 2.45) is 0 Å². The zero-order valence-corrected chi connectivity index (χ0v) is 21.9. The van der Waals surface area contributed by atoms with Gasteiger partial charge >= 0.3 is 12.1 Å². The summed E-state index contributed by atoms with van der Waals surface area (Å²) in [6.07, 6.45) is 6.22. The van der Waals surface area contributed by atoms with Crippen LogP contribution in [-0.2, 0) is 23.8 Å². The molecule has 0 spiro atoms. The maximum atomic E-state index is 12.5. The Morgan fingerprint density at radius 2 is 1.76 bits per heavy atom. The van der Waals surface area contributed by atoms with Gasteiger partial charge < -0.3 is 24.8 Å². The smallest absolute Gasteiger partial charge is 0.413 e. The number of carbonyl (C=O) groups is 3. The van der Waals surface area contributed by atoms with Crippen LogP contribution in [0.25, 0.3) is 0 Å². The largest absolute Gasteiger partial charge is 0.463 e. The molecule has 0 heterocycles. The fourth-order valence-electron chi connectivity index (χ4n) is 3.75. The third kappa shape index (κ3) is 10.8. The SMILES string of the molecule is CCCCCCOC(=O)NC(=S)NC1CC(C(=O)OCC)=CC(OC(CC)CC)C1NC(C)=O. The molecule has 0 fully saturated rings. The van der Waals surface area contributed by atoms with Crippen molar-refractivity contribution in [3.05, 3.63) is 11.6 Å². The Morgan fingerprint density at radius 1 is 1.06 bits per heavy atom. The Bertz CT molecular complexity index is 711. The molecule has 3 N–H and O–H groups in total. The monoisotopic (exact) mass is 499 g/mol. The second-order valence-electron chi connectivity index (χ2n) is 8.28. The average molecular weight is 500 g/mol. The van der Waals surface area contributed by atoms with Crippen molar-refractivity contribution in [3.63, 3.8) is 0 Å². The number of esters is 1. The van der Waals surface area contributed by atoms with Crippen LogP contribution in [0.15, 0.2) is 11.6 Å². The van der Waals surface area contributed by atoms with E-state index in [1.807, 2.05) is 13.8 Å². The summed E-state index contributed by atoms with van der Waals surface area (Å²) in [5.41, 5.74) is 0.429. The number of nitrogens with one attached hydrogen (secondary N) is 3. The Hall–Kier alpha value is -2.20. The minimum Gasteiger partial charge on any atom is -0.463 e. The molecule has 1 rings (SSSR count). The molecule has 0 saturated carbocycles. The van der Waals surface area contributed by atoms with Crippen LogP contribution in [0.5, 0.6) is 0 Å². The first-order valence-corrected chi connectivity index (χ1v) is 12.7. The summed E-state index contributed by atoms with van der Waals surface area (Å²) in [5, 5.41) is 8.53. The van der Waals surface area contributed by atoms with E-state index in [-0.39, 0.29) is 30.2 Å². The third-order valence-electron chi connectivity index (χ3n) is 5.52. The minimum atomic E-state index is -0.646. The molecular formula is C24H41N3O6S. The van der Waals surface area contributed by atoms with Crippen molar-refractivity contribution in [1.82, 2.24) is 16.0 Å². The Balaban J connectivity index is 2.95. The first-order chi connectivity index (χ1) is 16.2. The van der Waals surface area contributed by atoms with Gasteiger partial charge in [-0.3, -0.25) is 10.1 Å². The summed E-state index contributed by atoms with van der Waals surface area (Å²) in [6, 6.07) is -1.02.